The fourth-order valence-corrected chi connectivity index (χ4v) is 2.86. The number of aromatic nitrogens is 2. The average molecular weight is 293 g/mol. The van der Waals surface area contributed by atoms with Gasteiger partial charge < -0.3 is 15.5 Å². The minimum atomic E-state index is -0.0660. The summed E-state index contributed by atoms with van der Waals surface area (Å²) in [5, 5.41) is 13.7. The molecule has 2 rings (SSSR count). The summed E-state index contributed by atoms with van der Waals surface area (Å²) in [6.07, 6.45) is 1.87. The van der Waals surface area contributed by atoms with E-state index in [9.17, 15) is 4.79 Å². The van der Waals surface area contributed by atoms with Crippen LogP contribution in [0.25, 0.3) is 0 Å². The molecule has 1 aromatic heterocycles. The van der Waals surface area contributed by atoms with Crippen LogP contribution in [0.3, 0.4) is 0 Å². The summed E-state index contributed by atoms with van der Waals surface area (Å²) in [5.74, 6) is 0.480. The summed E-state index contributed by atoms with van der Waals surface area (Å²) in [4.78, 5) is 14.6. The number of aromatic amines is 1. The second kappa shape index (κ2) is 7.04. The zero-order valence-corrected chi connectivity index (χ0v) is 13.5. The highest BCUT2D eigenvalue weighted by molar-refractivity contribution is 5.94. The predicted molar refractivity (Wildman–Crippen MR) is 83.3 cm³/mol. The molecule has 3 N–H and O–H groups in total. The molecule has 0 bridgehead atoms. The van der Waals surface area contributed by atoms with Crippen molar-refractivity contribution in [1.29, 1.82) is 0 Å². The van der Waals surface area contributed by atoms with Gasteiger partial charge in [-0.2, -0.15) is 5.10 Å². The second-order valence-corrected chi connectivity index (χ2v) is 6.52. The molecule has 0 aliphatic carbocycles. The van der Waals surface area contributed by atoms with Crippen molar-refractivity contribution in [3.63, 3.8) is 0 Å². The van der Waals surface area contributed by atoms with E-state index >= 15 is 0 Å². The Kier molecular flexibility index (Phi) is 5.36. The normalized spacial score (nSPS) is 16.1. The van der Waals surface area contributed by atoms with Gasteiger partial charge in [0.15, 0.2) is 5.69 Å². The van der Waals surface area contributed by atoms with E-state index in [2.05, 4.69) is 39.6 Å². The number of carbonyl (C=O) groups excluding carboxylic acids is 1. The number of carbonyl (C=O) groups is 1. The number of H-pyrrole nitrogens is 1. The molecule has 0 aromatic carbocycles. The summed E-state index contributed by atoms with van der Waals surface area (Å²) in [6, 6.07) is 0.149. The number of likely N-dealkylation sites (N-methyl/N-ethyl adjacent to an activating group) is 1. The molecule has 0 saturated carbocycles. The van der Waals surface area contributed by atoms with Crippen molar-refractivity contribution in [2.24, 2.45) is 5.92 Å². The van der Waals surface area contributed by atoms with E-state index in [1.807, 2.05) is 14.1 Å². The van der Waals surface area contributed by atoms with Crippen LogP contribution in [0.5, 0.6) is 0 Å². The summed E-state index contributed by atoms with van der Waals surface area (Å²) in [5.41, 5.74) is 2.66. The van der Waals surface area contributed by atoms with Crippen molar-refractivity contribution >= 4 is 5.91 Å². The topological polar surface area (TPSA) is 73.0 Å². The van der Waals surface area contributed by atoms with Crippen LogP contribution >= 0.6 is 0 Å². The first-order valence-electron chi connectivity index (χ1n) is 7.69. The van der Waals surface area contributed by atoms with E-state index in [4.69, 9.17) is 0 Å². The quantitative estimate of drug-likeness (QED) is 0.724. The van der Waals surface area contributed by atoms with Gasteiger partial charge in [0, 0.05) is 43.4 Å². The fraction of sp³-hybridized carbons (Fsp3) is 0.733. The van der Waals surface area contributed by atoms with Crippen LogP contribution in [0.4, 0.5) is 0 Å². The minimum absolute atomic E-state index is 0.0660. The molecule has 118 valence electrons. The molecule has 0 radical (unpaired) electrons. The number of nitrogens with zero attached hydrogens (tertiary/aromatic N) is 2. The van der Waals surface area contributed by atoms with Crippen molar-refractivity contribution < 1.29 is 4.79 Å². The van der Waals surface area contributed by atoms with Crippen LogP contribution in [0.1, 0.15) is 42.0 Å². The van der Waals surface area contributed by atoms with E-state index in [1.54, 1.807) is 0 Å². The van der Waals surface area contributed by atoms with Crippen molar-refractivity contribution in [3.8, 4) is 0 Å². The summed E-state index contributed by atoms with van der Waals surface area (Å²) < 4.78 is 0. The summed E-state index contributed by atoms with van der Waals surface area (Å²) in [7, 11) is 4.06. The Bertz CT molecular complexity index is 470. The van der Waals surface area contributed by atoms with Crippen molar-refractivity contribution in [1.82, 2.24) is 25.7 Å². The third-order valence-corrected chi connectivity index (χ3v) is 3.70. The lowest BCUT2D eigenvalue weighted by molar-refractivity contribution is 0.0918. The molecular formula is C15H27N5O. The summed E-state index contributed by atoms with van der Waals surface area (Å²) in [6.45, 7) is 6.85. The molecule has 1 aliphatic heterocycles. The predicted octanol–water partition coefficient (Wildman–Crippen LogP) is 0.762. The lowest BCUT2D eigenvalue weighted by Gasteiger charge is -2.24. The van der Waals surface area contributed by atoms with Gasteiger partial charge in [-0.1, -0.05) is 13.8 Å². The maximum Gasteiger partial charge on any atom is 0.272 e. The molecule has 6 nitrogen and oxygen atoms in total. The zero-order valence-electron chi connectivity index (χ0n) is 13.5. The Morgan fingerprint density at radius 2 is 2.19 bits per heavy atom. The highest BCUT2D eigenvalue weighted by atomic mass is 16.2. The molecule has 1 unspecified atom stereocenters. The second-order valence-electron chi connectivity index (χ2n) is 6.52. The Balaban J connectivity index is 2.06. The molecule has 1 aliphatic rings. The van der Waals surface area contributed by atoms with Gasteiger partial charge in [-0.05, 0) is 26.4 Å². The lowest BCUT2D eigenvalue weighted by atomic mass is 10.0. The van der Waals surface area contributed by atoms with Crippen LogP contribution < -0.4 is 10.6 Å². The van der Waals surface area contributed by atoms with Crippen LogP contribution in [0.15, 0.2) is 0 Å². The number of hydrogen-bond acceptors (Lipinski definition) is 4. The van der Waals surface area contributed by atoms with Crippen LogP contribution in [0, 0.1) is 5.92 Å². The van der Waals surface area contributed by atoms with Crippen LogP contribution in [-0.4, -0.2) is 54.2 Å². The third-order valence-electron chi connectivity index (χ3n) is 3.70. The van der Waals surface area contributed by atoms with Crippen LogP contribution in [-0.2, 0) is 13.0 Å². The largest absolute Gasteiger partial charge is 0.347 e. The van der Waals surface area contributed by atoms with Gasteiger partial charge in [-0.25, -0.2) is 0 Å². The zero-order chi connectivity index (χ0) is 15.4. The smallest absolute Gasteiger partial charge is 0.272 e. The van der Waals surface area contributed by atoms with Gasteiger partial charge in [0.1, 0.15) is 0 Å². The van der Waals surface area contributed by atoms with E-state index in [-0.39, 0.29) is 11.9 Å². The van der Waals surface area contributed by atoms with Gasteiger partial charge in [0.2, 0.25) is 0 Å². The first-order valence-corrected chi connectivity index (χ1v) is 7.69. The number of fused-ring (bicyclic) bond motifs is 1. The number of rotatable bonds is 6. The Morgan fingerprint density at radius 1 is 1.43 bits per heavy atom. The van der Waals surface area contributed by atoms with Gasteiger partial charge in [-0.15, -0.1) is 0 Å². The molecule has 2 heterocycles. The van der Waals surface area contributed by atoms with E-state index in [1.165, 1.54) is 0 Å². The van der Waals surface area contributed by atoms with Gasteiger partial charge in [0.25, 0.3) is 5.91 Å². The highest BCUT2D eigenvalue weighted by Gasteiger charge is 2.23. The SMILES string of the molecule is CC(C)CC(CN(C)C)NC(=O)c1n[nH]c2c1CNCC2. The molecular weight excluding hydrogens is 266 g/mol. The molecule has 0 spiro atoms. The van der Waals surface area contributed by atoms with E-state index in [0.717, 1.165) is 43.7 Å². The maximum absolute atomic E-state index is 12.5. The Labute approximate surface area is 126 Å². The molecule has 21 heavy (non-hydrogen) atoms. The molecule has 0 fully saturated rings. The number of amides is 1. The average Bonchev–Trinajstić information content (AvgIpc) is 2.80. The highest BCUT2D eigenvalue weighted by Crippen LogP contribution is 2.16. The monoisotopic (exact) mass is 293 g/mol. The summed E-state index contributed by atoms with van der Waals surface area (Å²) >= 11 is 0. The number of nitrogens with one attached hydrogen (secondary N) is 3. The third kappa shape index (κ3) is 4.28. The van der Waals surface area contributed by atoms with Crippen molar-refractivity contribution in [2.45, 2.75) is 39.3 Å². The Morgan fingerprint density at radius 3 is 2.86 bits per heavy atom. The van der Waals surface area contributed by atoms with Crippen molar-refractivity contribution in [3.05, 3.63) is 17.0 Å². The van der Waals surface area contributed by atoms with E-state index < -0.39 is 0 Å². The molecule has 1 aromatic rings. The Hall–Kier alpha value is -1.40. The van der Waals surface area contributed by atoms with Gasteiger partial charge in [-0.3, -0.25) is 9.89 Å². The maximum atomic E-state index is 12.5. The minimum Gasteiger partial charge on any atom is -0.347 e. The van der Waals surface area contributed by atoms with Crippen LogP contribution in [0.2, 0.25) is 0 Å². The van der Waals surface area contributed by atoms with Gasteiger partial charge in [0.05, 0.1) is 0 Å². The molecule has 0 saturated heterocycles. The van der Waals surface area contributed by atoms with E-state index in [0.29, 0.717) is 11.6 Å². The first-order chi connectivity index (χ1) is 9.97. The molecule has 1 amide bonds. The molecule has 1 atom stereocenters. The first kappa shape index (κ1) is 16.0. The van der Waals surface area contributed by atoms with Gasteiger partial charge >= 0.3 is 0 Å². The fourth-order valence-electron chi connectivity index (χ4n) is 2.86. The molecule has 6 heteroatoms. The van der Waals surface area contributed by atoms with Crippen molar-refractivity contribution in [2.75, 3.05) is 27.2 Å². The lowest BCUT2D eigenvalue weighted by Crippen LogP contribution is -2.43. The number of hydrogen-bond donors (Lipinski definition) is 3. The standard InChI is InChI=1S/C15H27N5O/c1-10(2)7-11(9-20(3)4)17-15(21)14-12-8-16-6-5-13(12)18-19-14/h10-11,16H,5-9H2,1-4H3,(H,17,21)(H,18,19).